The van der Waals surface area contributed by atoms with E-state index in [0.717, 1.165) is 6.42 Å². The second kappa shape index (κ2) is 5.47. The monoisotopic (exact) mass is 255 g/mol. The molecule has 5 heteroatoms. The molecular formula is C13H25N3O2. The summed E-state index contributed by atoms with van der Waals surface area (Å²) < 4.78 is 0. The molecule has 1 aliphatic carbocycles. The van der Waals surface area contributed by atoms with Gasteiger partial charge >= 0.3 is 0 Å². The van der Waals surface area contributed by atoms with E-state index in [0.29, 0.717) is 13.0 Å². The number of nitrogens with two attached hydrogens (primary N) is 1. The zero-order valence-electron chi connectivity index (χ0n) is 11.8. The summed E-state index contributed by atoms with van der Waals surface area (Å²) >= 11 is 0. The number of rotatable bonds is 8. The van der Waals surface area contributed by atoms with Gasteiger partial charge in [0.25, 0.3) is 0 Å². The van der Waals surface area contributed by atoms with E-state index in [4.69, 9.17) is 5.73 Å². The number of likely N-dealkylation sites (N-methyl/N-ethyl adjacent to an activating group) is 1. The van der Waals surface area contributed by atoms with Crippen LogP contribution in [0.25, 0.3) is 0 Å². The molecule has 0 aromatic rings. The minimum absolute atomic E-state index is 0.00642. The average molecular weight is 255 g/mol. The number of hydrogen-bond donors (Lipinski definition) is 3. The van der Waals surface area contributed by atoms with Gasteiger partial charge in [-0.2, -0.15) is 0 Å². The van der Waals surface area contributed by atoms with Crippen LogP contribution in [0, 0.1) is 5.92 Å². The van der Waals surface area contributed by atoms with Crippen molar-refractivity contribution in [2.24, 2.45) is 11.7 Å². The molecule has 0 aromatic carbocycles. The van der Waals surface area contributed by atoms with Crippen molar-refractivity contribution in [3.63, 3.8) is 0 Å². The summed E-state index contributed by atoms with van der Waals surface area (Å²) in [5.41, 5.74) is 4.63. The smallest absolute Gasteiger partial charge is 0.166 e. The standard InChI is InChI=1S/C13H25N3O2/c1-5-12(3,10(17)7-15-4)16-8-11(18)13(14)6-9(13)2/h9,15-16H,5-8,14H2,1-4H3. The first-order chi connectivity index (χ1) is 8.30. The van der Waals surface area contributed by atoms with E-state index in [9.17, 15) is 9.59 Å². The Hall–Kier alpha value is -0.780. The Morgan fingerprint density at radius 1 is 1.44 bits per heavy atom. The van der Waals surface area contributed by atoms with Gasteiger partial charge in [-0.25, -0.2) is 0 Å². The van der Waals surface area contributed by atoms with Crippen LogP contribution in [0.4, 0.5) is 0 Å². The summed E-state index contributed by atoms with van der Waals surface area (Å²) in [5.74, 6) is 0.329. The molecular weight excluding hydrogens is 230 g/mol. The molecule has 0 aromatic heterocycles. The summed E-state index contributed by atoms with van der Waals surface area (Å²) in [6, 6.07) is 0. The molecule has 4 N–H and O–H groups in total. The Bertz CT molecular complexity index is 345. The van der Waals surface area contributed by atoms with Crippen LogP contribution in [-0.2, 0) is 9.59 Å². The number of carbonyl (C=O) groups is 2. The second-order valence-corrected chi connectivity index (χ2v) is 5.56. The molecule has 1 saturated carbocycles. The third-order valence-electron chi connectivity index (χ3n) is 4.18. The Kier molecular flexibility index (Phi) is 4.64. The highest BCUT2D eigenvalue weighted by atomic mass is 16.1. The lowest BCUT2D eigenvalue weighted by molar-refractivity contribution is -0.125. The molecule has 0 amide bonds. The molecule has 0 spiro atoms. The maximum absolute atomic E-state index is 12.0. The number of hydrogen-bond acceptors (Lipinski definition) is 5. The van der Waals surface area contributed by atoms with E-state index in [1.165, 1.54) is 0 Å². The second-order valence-electron chi connectivity index (χ2n) is 5.56. The highest BCUT2D eigenvalue weighted by Crippen LogP contribution is 2.40. The highest BCUT2D eigenvalue weighted by molar-refractivity contribution is 5.95. The van der Waals surface area contributed by atoms with Crippen LogP contribution in [0.15, 0.2) is 0 Å². The molecule has 0 bridgehead atoms. The number of ketones is 2. The lowest BCUT2D eigenvalue weighted by atomic mass is 9.92. The predicted octanol–water partition coefficient (Wildman–Crippen LogP) is -0.160. The largest absolute Gasteiger partial charge is 0.319 e. The lowest BCUT2D eigenvalue weighted by Crippen LogP contribution is -2.55. The molecule has 3 atom stereocenters. The van der Waals surface area contributed by atoms with Crippen LogP contribution < -0.4 is 16.4 Å². The maximum Gasteiger partial charge on any atom is 0.166 e. The Labute approximate surface area is 109 Å². The molecule has 0 heterocycles. The molecule has 104 valence electrons. The fourth-order valence-corrected chi connectivity index (χ4v) is 2.05. The van der Waals surface area contributed by atoms with Crippen LogP contribution in [0.5, 0.6) is 0 Å². The lowest BCUT2D eigenvalue weighted by Gasteiger charge is -2.28. The SMILES string of the molecule is CCC(C)(NCC(=O)C1(N)CC1C)C(=O)CNC. The van der Waals surface area contributed by atoms with Crippen LogP contribution in [0.3, 0.4) is 0 Å². The fraction of sp³-hybridized carbons (Fsp3) is 0.846. The van der Waals surface area contributed by atoms with Crippen LogP contribution in [0.2, 0.25) is 0 Å². The highest BCUT2D eigenvalue weighted by Gasteiger charge is 2.53. The minimum Gasteiger partial charge on any atom is -0.319 e. The van der Waals surface area contributed by atoms with Crippen molar-refractivity contribution in [1.29, 1.82) is 0 Å². The van der Waals surface area contributed by atoms with Crippen LogP contribution >= 0.6 is 0 Å². The van der Waals surface area contributed by atoms with Crippen molar-refractivity contribution < 1.29 is 9.59 Å². The van der Waals surface area contributed by atoms with Crippen molar-refractivity contribution in [3.05, 3.63) is 0 Å². The van der Waals surface area contributed by atoms with E-state index < -0.39 is 11.1 Å². The predicted molar refractivity (Wildman–Crippen MR) is 71.3 cm³/mol. The van der Waals surface area contributed by atoms with E-state index in [-0.39, 0.29) is 24.0 Å². The maximum atomic E-state index is 12.0. The van der Waals surface area contributed by atoms with Gasteiger partial charge in [-0.3, -0.25) is 14.9 Å². The molecule has 1 rings (SSSR count). The van der Waals surface area contributed by atoms with E-state index in [1.807, 2.05) is 20.8 Å². The first kappa shape index (κ1) is 15.3. The normalized spacial score (nSPS) is 29.7. The molecule has 18 heavy (non-hydrogen) atoms. The minimum atomic E-state index is -0.660. The molecule has 1 fully saturated rings. The summed E-state index contributed by atoms with van der Waals surface area (Å²) in [7, 11) is 1.74. The zero-order valence-corrected chi connectivity index (χ0v) is 11.8. The van der Waals surface area contributed by atoms with Gasteiger partial charge in [0.1, 0.15) is 0 Å². The Balaban J connectivity index is 2.54. The van der Waals surface area contributed by atoms with Crippen molar-refractivity contribution in [2.75, 3.05) is 20.1 Å². The first-order valence-electron chi connectivity index (χ1n) is 6.55. The molecule has 5 nitrogen and oxygen atoms in total. The van der Waals surface area contributed by atoms with Gasteiger partial charge in [0.15, 0.2) is 11.6 Å². The van der Waals surface area contributed by atoms with E-state index in [2.05, 4.69) is 10.6 Å². The number of Topliss-reactive ketones (excluding diaryl/α,β-unsaturated/α-hetero) is 2. The molecule has 0 saturated heterocycles. The molecule has 1 aliphatic rings. The quantitative estimate of drug-likeness (QED) is 0.561. The van der Waals surface area contributed by atoms with Crippen LogP contribution in [0.1, 0.15) is 33.6 Å². The third kappa shape index (κ3) is 2.96. The fourth-order valence-electron chi connectivity index (χ4n) is 2.05. The zero-order chi connectivity index (χ0) is 14.0. The van der Waals surface area contributed by atoms with Gasteiger partial charge < -0.3 is 11.1 Å². The van der Waals surface area contributed by atoms with Crippen molar-refractivity contribution in [3.8, 4) is 0 Å². The molecule has 0 radical (unpaired) electrons. The van der Waals surface area contributed by atoms with Gasteiger partial charge in [0.05, 0.1) is 24.2 Å². The van der Waals surface area contributed by atoms with Crippen molar-refractivity contribution in [1.82, 2.24) is 10.6 Å². The van der Waals surface area contributed by atoms with Gasteiger partial charge in [-0.05, 0) is 32.7 Å². The number of nitrogens with one attached hydrogen (secondary N) is 2. The average Bonchev–Trinajstić information content (AvgIpc) is 2.95. The van der Waals surface area contributed by atoms with Gasteiger partial charge in [0, 0.05) is 0 Å². The molecule has 0 aliphatic heterocycles. The van der Waals surface area contributed by atoms with Gasteiger partial charge in [-0.1, -0.05) is 13.8 Å². The van der Waals surface area contributed by atoms with Gasteiger partial charge in [-0.15, -0.1) is 0 Å². The topological polar surface area (TPSA) is 84.2 Å². The number of carbonyl (C=O) groups excluding carboxylic acids is 2. The summed E-state index contributed by atoms with van der Waals surface area (Å²) in [6.07, 6.45) is 1.40. The van der Waals surface area contributed by atoms with Crippen molar-refractivity contribution >= 4 is 11.6 Å². The summed E-state index contributed by atoms with van der Waals surface area (Å²) in [5, 5.41) is 5.92. The summed E-state index contributed by atoms with van der Waals surface area (Å²) in [4.78, 5) is 23.9. The summed E-state index contributed by atoms with van der Waals surface area (Å²) in [6.45, 7) is 6.21. The first-order valence-corrected chi connectivity index (χ1v) is 6.55. The third-order valence-corrected chi connectivity index (χ3v) is 4.18. The van der Waals surface area contributed by atoms with E-state index >= 15 is 0 Å². The van der Waals surface area contributed by atoms with Crippen molar-refractivity contribution in [2.45, 2.75) is 44.7 Å². The Morgan fingerprint density at radius 2 is 2.00 bits per heavy atom. The van der Waals surface area contributed by atoms with Crippen LogP contribution in [-0.4, -0.2) is 42.8 Å². The Morgan fingerprint density at radius 3 is 2.39 bits per heavy atom. The molecule has 3 unspecified atom stereocenters. The van der Waals surface area contributed by atoms with E-state index in [1.54, 1.807) is 7.05 Å². The van der Waals surface area contributed by atoms with Gasteiger partial charge in [0.2, 0.25) is 0 Å².